The highest BCUT2D eigenvalue weighted by molar-refractivity contribution is 5.89. The van der Waals surface area contributed by atoms with E-state index in [1.54, 1.807) is 62.4 Å². The molecule has 0 amide bonds. The maximum atomic E-state index is 11.2. The summed E-state index contributed by atoms with van der Waals surface area (Å²) in [6.45, 7) is 6.66. The Hall–Kier alpha value is -4.27. The summed E-state index contributed by atoms with van der Waals surface area (Å²) < 4.78 is 19.6. The second-order valence-corrected chi connectivity index (χ2v) is 7.58. The summed E-state index contributed by atoms with van der Waals surface area (Å²) in [5.41, 5.74) is -0.0639. The van der Waals surface area contributed by atoms with E-state index in [0.29, 0.717) is 22.6 Å². The van der Waals surface area contributed by atoms with Gasteiger partial charge in [0.05, 0.1) is 25.3 Å². The predicted octanol–water partition coefficient (Wildman–Crippen LogP) is 6.25. The van der Waals surface area contributed by atoms with Crippen LogP contribution in [0.2, 0.25) is 0 Å². The number of terminal acetylenes is 1. The van der Waals surface area contributed by atoms with Crippen molar-refractivity contribution in [1.82, 2.24) is 0 Å². The zero-order valence-corrected chi connectivity index (χ0v) is 21.4. The molecule has 0 fully saturated rings. The van der Waals surface area contributed by atoms with E-state index in [-0.39, 0.29) is 60.6 Å². The number of ketones is 1. The molecule has 0 aliphatic rings. The van der Waals surface area contributed by atoms with E-state index < -0.39 is 5.60 Å². The summed E-state index contributed by atoms with van der Waals surface area (Å²) >= 11 is 0. The number of hydrogen-bond donors (Lipinski definition) is 1. The van der Waals surface area contributed by atoms with Gasteiger partial charge in [-0.3, -0.25) is 0 Å². The van der Waals surface area contributed by atoms with Gasteiger partial charge >= 0.3 is 11.9 Å². The van der Waals surface area contributed by atoms with E-state index in [1.807, 2.05) is 0 Å². The zero-order valence-electron chi connectivity index (χ0n) is 21.4. The Morgan fingerprint density at radius 2 is 1.07 bits per heavy atom. The SMILES string of the molecule is C.C.C.C.C#CCOc1ccc(C(=O)OC)cc1.CC(C)=O.COC(=O)c1ccc(OCC#CC(C)(C)O)cc1. The van der Waals surface area contributed by atoms with E-state index in [4.69, 9.17) is 15.9 Å². The first-order valence-electron chi connectivity index (χ1n) is 10.7. The van der Waals surface area contributed by atoms with Gasteiger partial charge in [0, 0.05) is 0 Å². The summed E-state index contributed by atoms with van der Waals surface area (Å²) in [5, 5.41) is 9.36. The van der Waals surface area contributed by atoms with Crippen LogP contribution < -0.4 is 9.47 Å². The zero-order chi connectivity index (χ0) is 27.6. The molecule has 0 saturated heterocycles. The van der Waals surface area contributed by atoms with Crippen LogP contribution in [0.5, 0.6) is 11.5 Å². The molecule has 0 bridgehead atoms. The summed E-state index contributed by atoms with van der Waals surface area (Å²) in [5.74, 6) is 8.35. The van der Waals surface area contributed by atoms with Crippen molar-refractivity contribution in [2.45, 2.75) is 63.0 Å². The van der Waals surface area contributed by atoms with Crippen LogP contribution in [0.1, 0.15) is 78.1 Å². The molecule has 0 radical (unpaired) electrons. The van der Waals surface area contributed by atoms with Crippen molar-refractivity contribution >= 4 is 17.7 Å². The highest BCUT2D eigenvalue weighted by Crippen LogP contribution is 2.13. The number of hydrogen-bond acceptors (Lipinski definition) is 8. The number of Topliss-reactive ketones (excluding diaryl/α,β-unsaturated/α-hetero) is 1. The van der Waals surface area contributed by atoms with Crippen LogP contribution in [-0.4, -0.2) is 55.9 Å². The molecule has 2 aromatic rings. The second kappa shape index (κ2) is 25.0. The molecular formula is C32H48O8. The minimum Gasteiger partial charge on any atom is -0.481 e. The third-order valence-corrected chi connectivity index (χ3v) is 3.58. The Morgan fingerprint density at radius 1 is 0.750 bits per heavy atom. The fourth-order valence-electron chi connectivity index (χ4n) is 2.11. The minimum atomic E-state index is -1.02. The lowest BCUT2D eigenvalue weighted by Crippen LogP contribution is -2.15. The summed E-state index contributed by atoms with van der Waals surface area (Å²) in [6, 6.07) is 13.1. The van der Waals surface area contributed by atoms with Crippen molar-refractivity contribution in [2.75, 3.05) is 27.4 Å². The molecule has 0 heterocycles. The van der Waals surface area contributed by atoms with Crippen LogP contribution in [0.15, 0.2) is 48.5 Å². The van der Waals surface area contributed by atoms with Crippen LogP contribution in [0.4, 0.5) is 0 Å². The van der Waals surface area contributed by atoms with Gasteiger partial charge in [-0.1, -0.05) is 47.5 Å². The predicted molar refractivity (Wildman–Crippen MR) is 163 cm³/mol. The number of ether oxygens (including phenoxy) is 4. The van der Waals surface area contributed by atoms with Gasteiger partial charge in [-0.2, -0.15) is 0 Å². The summed E-state index contributed by atoms with van der Waals surface area (Å²) in [6.07, 6.45) is 5.03. The second-order valence-electron chi connectivity index (χ2n) is 7.58. The van der Waals surface area contributed by atoms with Gasteiger partial charge in [0.1, 0.15) is 36.1 Å². The lowest BCUT2D eigenvalue weighted by atomic mass is 10.1. The molecule has 40 heavy (non-hydrogen) atoms. The number of carbonyl (C=O) groups is 3. The van der Waals surface area contributed by atoms with Crippen molar-refractivity contribution in [2.24, 2.45) is 0 Å². The molecule has 0 unspecified atom stereocenters. The molecule has 0 atom stereocenters. The van der Waals surface area contributed by atoms with Crippen LogP contribution in [0.3, 0.4) is 0 Å². The maximum Gasteiger partial charge on any atom is 0.337 e. The molecule has 8 nitrogen and oxygen atoms in total. The Bertz CT molecular complexity index is 1060. The number of rotatable bonds is 6. The topological polar surface area (TPSA) is 108 Å². The molecule has 0 aliphatic carbocycles. The highest BCUT2D eigenvalue weighted by atomic mass is 16.5. The van der Waals surface area contributed by atoms with Gasteiger partial charge in [-0.05, 0) is 76.2 Å². The molecule has 0 aliphatic heterocycles. The molecule has 0 spiro atoms. The Kier molecular flexibility index (Phi) is 28.6. The molecule has 8 heteroatoms. The van der Waals surface area contributed by atoms with Crippen LogP contribution >= 0.6 is 0 Å². The lowest BCUT2D eigenvalue weighted by Gasteiger charge is -2.06. The largest absolute Gasteiger partial charge is 0.481 e. The van der Waals surface area contributed by atoms with Gasteiger partial charge in [-0.25, -0.2) is 9.59 Å². The van der Waals surface area contributed by atoms with Crippen molar-refractivity contribution in [1.29, 1.82) is 0 Å². The summed E-state index contributed by atoms with van der Waals surface area (Å²) in [4.78, 5) is 31.7. The smallest absolute Gasteiger partial charge is 0.337 e. The Labute approximate surface area is 242 Å². The lowest BCUT2D eigenvalue weighted by molar-refractivity contribution is -0.115. The van der Waals surface area contributed by atoms with Crippen molar-refractivity contribution in [3.05, 3.63) is 59.7 Å². The first-order chi connectivity index (χ1) is 16.9. The average molecular weight is 561 g/mol. The molecule has 2 rings (SSSR count). The van der Waals surface area contributed by atoms with Gasteiger partial charge in [0.2, 0.25) is 0 Å². The van der Waals surface area contributed by atoms with E-state index >= 15 is 0 Å². The number of carbonyl (C=O) groups excluding carboxylic acids is 3. The summed E-state index contributed by atoms with van der Waals surface area (Å²) in [7, 11) is 2.67. The van der Waals surface area contributed by atoms with Gasteiger partial charge < -0.3 is 28.8 Å². The maximum absolute atomic E-state index is 11.2. The van der Waals surface area contributed by atoms with E-state index in [2.05, 4.69) is 27.2 Å². The molecule has 224 valence electrons. The van der Waals surface area contributed by atoms with Crippen molar-refractivity contribution < 1.29 is 38.4 Å². The number of esters is 2. The normalized spacial score (nSPS) is 8.35. The van der Waals surface area contributed by atoms with E-state index in [9.17, 15) is 19.5 Å². The highest BCUT2D eigenvalue weighted by Gasteiger charge is 2.06. The number of aliphatic hydroxyl groups is 1. The van der Waals surface area contributed by atoms with Gasteiger partial charge in [-0.15, -0.1) is 6.42 Å². The third-order valence-electron chi connectivity index (χ3n) is 3.58. The minimum absolute atomic E-state index is 0. The first kappa shape index (κ1) is 45.6. The quantitative estimate of drug-likeness (QED) is 0.326. The fraction of sp³-hybridized carbons (Fsp3) is 0.406. The fourth-order valence-corrected chi connectivity index (χ4v) is 2.11. The monoisotopic (exact) mass is 560 g/mol. The third kappa shape index (κ3) is 22.9. The van der Waals surface area contributed by atoms with E-state index in [0.717, 1.165) is 0 Å². The first-order valence-corrected chi connectivity index (χ1v) is 10.7. The van der Waals surface area contributed by atoms with Crippen LogP contribution in [-0.2, 0) is 14.3 Å². The van der Waals surface area contributed by atoms with Gasteiger partial charge in [0.15, 0.2) is 0 Å². The van der Waals surface area contributed by atoms with E-state index in [1.165, 1.54) is 28.1 Å². The van der Waals surface area contributed by atoms with Gasteiger partial charge in [0.25, 0.3) is 0 Å². The molecule has 2 aromatic carbocycles. The van der Waals surface area contributed by atoms with Crippen molar-refractivity contribution in [3.63, 3.8) is 0 Å². The molecule has 1 N–H and O–H groups in total. The molecule has 0 saturated carbocycles. The number of methoxy groups -OCH3 is 2. The molecule has 0 aromatic heterocycles. The molecular weight excluding hydrogens is 512 g/mol. The van der Waals surface area contributed by atoms with Crippen LogP contribution in [0, 0.1) is 24.2 Å². The Morgan fingerprint density at radius 3 is 1.35 bits per heavy atom. The average Bonchev–Trinajstić information content (AvgIpc) is 2.84. The standard InChI is InChI=1S/C14H16O4.C11H10O3.C3H6O.4CH4/c1-14(2,16)9-4-10-18-12-7-5-11(6-8-12)13(15)17-3;1-3-8-14-10-6-4-9(5-7-10)11(12)13-2;1-3(2)4;;;;/h5-8,16H,10H2,1-3H3;1,4-7H,8H2,2H3;1-2H3;4*1H4. The number of benzene rings is 2. The van der Waals surface area contributed by atoms with Crippen LogP contribution in [0.25, 0.3) is 0 Å². The Balaban J connectivity index is -0.000000168. The van der Waals surface area contributed by atoms with Crippen molar-refractivity contribution in [3.8, 4) is 35.7 Å².